The number of hydrogen-bond donors (Lipinski definition) is 4. The standard InChI is InChI=1S/C4H4O6/c5-1(3(7)8)2(6)4(9)10/h5,7-8H,(H,9,10). The van der Waals surface area contributed by atoms with Gasteiger partial charge in [-0.1, -0.05) is 0 Å². The molecule has 0 aromatic rings. The van der Waals surface area contributed by atoms with Crippen LogP contribution in [0, 0.1) is 0 Å². The molecule has 0 fully saturated rings. The van der Waals surface area contributed by atoms with E-state index < -0.39 is 23.5 Å². The van der Waals surface area contributed by atoms with Crippen molar-refractivity contribution in [3.8, 4) is 0 Å². The Kier molecular flexibility index (Phi) is 2.25. The molecule has 0 bridgehead atoms. The van der Waals surface area contributed by atoms with Gasteiger partial charge in [0.05, 0.1) is 0 Å². The van der Waals surface area contributed by atoms with E-state index in [1.54, 1.807) is 0 Å². The molecule has 0 aliphatic carbocycles. The maximum absolute atomic E-state index is 10.1. The van der Waals surface area contributed by atoms with Gasteiger partial charge in [-0.05, 0) is 0 Å². The summed E-state index contributed by atoms with van der Waals surface area (Å²) < 4.78 is 0. The van der Waals surface area contributed by atoms with Crippen molar-refractivity contribution in [1.29, 1.82) is 0 Å². The molecule has 0 aliphatic rings. The molecule has 0 aromatic carbocycles. The summed E-state index contributed by atoms with van der Waals surface area (Å²) in [7, 11) is 0. The fourth-order valence-electron chi connectivity index (χ4n) is 0.203. The Balaban J connectivity index is 4.54. The predicted octanol–water partition coefficient (Wildman–Crippen LogP) is -0.517. The Morgan fingerprint density at radius 1 is 0.900 bits per heavy atom. The molecule has 56 valence electrons. The van der Waals surface area contributed by atoms with Gasteiger partial charge in [-0.3, -0.25) is 4.79 Å². The molecule has 0 amide bonds. The molecule has 0 aliphatic heterocycles. The Bertz CT molecular complexity index is 198. The molecule has 0 heterocycles. The van der Waals surface area contributed by atoms with E-state index in [9.17, 15) is 9.59 Å². The number of rotatable bonds is 2. The summed E-state index contributed by atoms with van der Waals surface area (Å²) >= 11 is 0. The van der Waals surface area contributed by atoms with Crippen molar-refractivity contribution >= 4 is 11.8 Å². The van der Waals surface area contributed by atoms with Crippen LogP contribution in [0.5, 0.6) is 0 Å². The first-order chi connectivity index (χ1) is 4.46. The molecule has 0 saturated carbocycles. The van der Waals surface area contributed by atoms with Crippen LogP contribution < -0.4 is 0 Å². The monoisotopic (exact) mass is 148 g/mol. The quantitative estimate of drug-likeness (QED) is 0.238. The van der Waals surface area contributed by atoms with E-state index in [0.717, 1.165) is 0 Å². The number of carbonyl (C=O) groups is 2. The van der Waals surface area contributed by atoms with E-state index in [2.05, 4.69) is 0 Å². The van der Waals surface area contributed by atoms with Gasteiger partial charge in [0.25, 0.3) is 5.76 Å². The Morgan fingerprint density at radius 3 is 1.40 bits per heavy atom. The van der Waals surface area contributed by atoms with Gasteiger partial charge in [-0.15, -0.1) is 0 Å². The molecule has 0 saturated heterocycles. The summed E-state index contributed by atoms with van der Waals surface area (Å²) in [5.41, 5.74) is 0. The summed E-state index contributed by atoms with van der Waals surface area (Å²) in [6.07, 6.45) is 0. The Hall–Kier alpha value is -1.72. The fourth-order valence-corrected chi connectivity index (χ4v) is 0.203. The number of aliphatic carboxylic acids is 1. The van der Waals surface area contributed by atoms with Gasteiger partial charge in [-0.25, -0.2) is 4.79 Å². The van der Waals surface area contributed by atoms with E-state index in [-0.39, 0.29) is 0 Å². The lowest BCUT2D eigenvalue weighted by Gasteiger charge is -1.91. The average Bonchev–Trinajstić information content (AvgIpc) is 1.84. The largest absolute Gasteiger partial charge is 0.499 e. The third-order valence-electron chi connectivity index (χ3n) is 0.621. The highest BCUT2D eigenvalue weighted by Crippen LogP contribution is 1.94. The van der Waals surface area contributed by atoms with Gasteiger partial charge in [-0.2, -0.15) is 0 Å². The average molecular weight is 148 g/mol. The topological polar surface area (TPSA) is 115 Å². The van der Waals surface area contributed by atoms with Crippen LogP contribution in [-0.4, -0.2) is 32.2 Å². The third-order valence-corrected chi connectivity index (χ3v) is 0.621. The van der Waals surface area contributed by atoms with Crippen LogP contribution in [0.15, 0.2) is 11.7 Å². The molecule has 4 N–H and O–H groups in total. The molecule has 0 atom stereocenters. The number of ketones is 1. The van der Waals surface area contributed by atoms with Crippen LogP contribution in [0.25, 0.3) is 0 Å². The number of carboxylic acids is 1. The van der Waals surface area contributed by atoms with Crippen LogP contribution in [0.1, 0.15) is 0 Å². The summed E-state index contributed by atoms with van der Waals surface area (Å²) in [4.78, 5) is 19.7. The van der Waals surface area contributed by atoms with Crippen LogP contribution in [0.4, 0.5) is 0 Å². The second-order valence-electron chi connectivity index (χ2n) is 1.31. The van der Waals surface area contributed by atoms with Crippen molar-refractivity contribution in [3.63, 3.8) is 0 Å². The van der Waals surface area contributed by atoms with Gasteiger partial charge in [0.15, 0.2) is 0 Å². The molecule has 0 aromatic heterocycles. The molecule has 6 heteroatoms. The minimum absolute atomic E-state index is 1.58. The normalized spacial score (nSPS) is 8.40. The maximum atomic E-state index is 10.1. The van der Waals surface area contributed by atoms with Crippen molar-refractivity contribution in [2.24, 2.45) is 0 Å². The second-order valence-corrected chi connectivity index (χ2v) is 1.31. The highest BCUT2D eigenvalue weighted by Gasteiger charge is 2.20. The van der Waals surface area contributed by atoms with Crippen molar-refractivity contribution < 1.29 is 30.0 Å². The molecule has 0 radical (unpaired) electrons. The minimum atomic E-state index is -1.96. The van der Waals surface area contributed by atoms with Crippen LogP contribution in [-0.2, 0) is 9.59 Å². The number of hydrogen-bond acceptors (Lipinski definition) is 5. The van der Waals surface area contributed by atoms with Crippen LogP contribution in [0.3, 0.4) is 0 Å². The zero-order valence-electron chi connectivity index (χ0n) is 4.61. The minimum Gasteiger partial charge on any atom is -0.499 e. The van der Waals surface area contributed by atoms with Crippen LogP contribution >= 0.6 is 0 Å². The molecule has 0 spiro atoms. The summed E-state index contributed by atoms with van der Waals surface area (Å²) in [6, 6.07) is 0. The summed E-state index contributed by atoms with van der Waals surface area (Å²) in [5.74, 6) is -7.00. The summed E-state index contributed by atoms with van der Waals surface area (Å²) in [5, 5.41) is 31.9. The lowest BCUT2D eigenvalue weighted by Crippen LogP contribution is -2.16. The van der Waals surface area contributed by atoms with Gasteiger partial charge < -0.3 is 20.4 Å². The molecule has 0 unspecified atom stereocenters. The molecular formula is C4H4O6. The van der Waals surface area contributed by atoms with Crippen LogP contribution in [0.2, 0.25) is 0 Å². The number of aliphatic hydroxyl groups excluding tert-OH is 2. The zero-order valence-corrected chi connectivity index (χ0v) is 4.61. The molecule has 0 rings (SSSR count). The first-order valence-corrected chi connectivity index (χ1v) is 2.05. The van der Waals surface area contributed by atoms with Gasteiger partial charge >= 0.3 is 17.7 Å². The fraction of sp³-hybridized carbons (Fsp3) is 0. The number of Topliss-reactive ketones (excluding diaryl/α,β-unsaturated/α-hetero) is 1. The SMILES string of the molecule is O=C(O)C(=O)C(O)=C(O)O. The number of carboxylic acid groups (broad SMARTS) is 1. The lowest BCUT2D eigenvalue weighted by atomic mass is 10.3. The molecule has 6 nitrogen and oxygen atoms in total. The van der Waals surface area contributed by atoms with E-state index >= 15 is 0 Å². The van der Waals surface area contributed by atoms with Gasteiger partial charge in [0.1, 0.15) is 0 Å². The van der Waals surface area contributed by atoms with E-state index in [1.165, 1.54) is 0 Å². The van der Waals surface area contributed by atoms with Crippen molar-refractivity contribution in [2.75, 3.05) is 0 Å². The predicted molar refractivity (Wildman–Crippen MR) is 27.6 cm³/mol. The van der Waals surface area contributed by atoms with E-state index in [1.807, 2.05) is 0 Å². The highest BCUT2D eigenvalue weighted by molar-refractivity contribution is 6.38. The second kappa shape index (κ2) is 2.72. The Labute approximate surface area is 54.6 Å². The maximum Gasteiger partial charge on any atom is 0.380 e. The van der Waals surface area contributed by atoms with E-state index in [4.69, 9.17) is 20.4 Å². The highest BCUT2D eigenvalue weighted by atomic mass is 16.5. The van der Waals surface area contributed by atoms with Crippen molar-refractivity contribution in [1.82, 2.24) is 0 Å². The summed E-state index contributed by atoms with van der Waals surface area (Å²) in [6.45, 7) is 0. The van der Waals surface area contributed by atoms with Gasteiger partial charge in [0.2, 0.25) is 0 Å². The van der Waals surface area contributed by atoms with Crippen molar-refractivity contribution in [3.05, 3.63) is 11.7 Å². The third kappa shape index (κ3) is 1.66. The molecule has 10 heavy (non-hydrogen) atoms. The Morgan fingerprint density at radius 2 is 1.30 bits per heavy atom. The lowest BCUT2D eigenvalue weighted by molar-refractivity contribution is -0.148. The van der Waals surface area contributed by atoms with Crippen molar-refractivity contribution in [2.45, 2.75) is 0 Å². The number of aliphatic hydroxyl groups is 3. The smallest absolute Gasteiger partial charge is 0.380 e. The number of carbonyl (C=O) groups excluding carboxylic acids is 1. The first kappa shape index (κ1) is 8.28. The zero-order chi connectivity index (χ0) is 8.31. The van der Waals surface area contributed by atoms with E-state index in [0.29, 0.717) is 0 Å². The van der Waals surface area contributed by atoms with Gasteiger partial charge in [0, 0.05) is 0 Å². The first-order valence-electron chi connectivity index (χ1n) is 2.05. The molecular weight excluding hydrogens is 144 g/mol.